The first-order chi connectivity index (χ1) is 11.7. The van der Waals surface area contributed by atoms with E-state index in [2.05, 4.69) is 11.0 Å². The first-order valence-electron chi connectivity index (χ1n) is 9.47. The summed E-state index contributed by atoms with van der Waals surface area (Å²) in [5, 5.41) is 10.3. The Kier molecular flexibility index (Phi) is 2.48. The van der Waals surface area contributed by atoms with Crippen molar-refractivity contribution in [3.05, 3.63) is 23.3 Å². The third-order valence-electron chi connectivity index (χ3n) is 7.41. The van der Waals surface area contributed by atoms with E-state index >= 15 is 0 Å². The molecule has 24 heavy (non-hydrogen) atoms. The summed E-state index contributed by atoms with van der Waals surface area (Å²) in [6.45, 7) is 2.30. The third kappa shape index (κ3) is 1.52. The van der Waals surface area contributed by atoms with E-state index in [-0.39, 0.29) is 23.1 Å². The van der Waals surface area contributed by atoms with Gasteiger partial charge in [-0.25, -0.2) is 0 Å². The average Bonchev–Trinajstić information content (AvgIpc) is 3.32. The number of nitrogens with zero attached hydrogens (tertiary/aromatic N) is 1. The Labute approximate surface area is 141 Å². The summed E-state index contributed by atoms with van der Waals surface area (Å²) in [6, 6.07) is 4.37. The number of benzene rings is 1. The van der Waals surface area contributed by atoms with Crippen LogP contribution in [0.4, 0.5) is 0 Å². The quantitative estimate of drug-likeness (QED) is 0.907. The summed E-state index contributed by atoms with van der Waals surface area (Å²) >= 11 is 0. The number of carbonyl (C=O) groups excluding carboxylic acids is 1. The van der Waals surface area contributed by atoms with Gasteiger partial charge in [0.05, 0.1) is 0 Å². The minimum atomic E-state index is -0.357. The molecule has 1 spiro atoms. The molecule has 4 heteroatoms. The van der Waals surface area contributed by atoms with E-state index < -0.39 is 0 Å². The molecule has 2 saturated carbocycles. The van der Waals surface area contributed by atoms with E-state index in [1.165, 1.54) is 30.5 Å². The smallest absolute Gasteiger partial charge is 0.174 e. The Bertz CT molecular complexity index is 755. The zero-order valence-corrected chi connectivity index (χ0v) is 13.8. The van der Waals surface area contributed by atoms with Crippen molar-refractivity contribution in [3.63, 3.8) is 0 Å². The molecule has 3 aliphatic carbocycles. The van der Waals surface area contributed by atoms with Gasteiger partial charge in [-0.3, -0.25) is 9.69 Å². The summed E-state index contributed by atoms with van der Waals surface area (Å²) < 4.78 is 6.13. The Morgan fingerprint density at radius 2 is 2.17 bits per heavy atom. The van der Waals surface area contributed by atoms with Gasteiger partial charge >= 0.3 is 0 Å². The van der Waals surface area contributed by atoms with Gasteiger partial charge < -0.3 is 9.84 Å². The molecular formula is C20H23NO3. The van der Waals surface area contributed by atoms with Crippen LogP contribution in [0.2, 0.25) is 0 Å². The third-order valence-corrected chi connectivity index (χ3v) is 7.41. The predicted octanol–water partition coefficient (Wildman–Crippen LogP) is 2.41. The van der Waals surface area contributed by atoms with Crippen molar-refractivity contribution in [1.82, 2.24) is 4.90 Å². The first-order valence-corrected chi connectivity index (χ1v) is 9.47. The Hall–Kier alpha value is -1.55. The number of piperidine rings is 1. The van der Waals surface area contributed by atoms with Crippen molar-refractivity contribution in [2.24, 2.45) is 11.8 Å². The van der Waals surface area contributed by atoms with Crippen LogP contribution in [-0.2, 0) is 16.6 Å². The highest BCUT2D eigenvalue weighted by molar-refractivity contribution is 5.89. The lowest BCUT2D eigenvalue weighted by Gasteiger charge is -2.57. The van der Waals surface area contributed by atoms with Crippen LogP contribution < -0.4 is 4.74 Å². The van der Waals surface area contributed by atoms with Gasteiger partial charge in [0.1, 0.15) is 0 Å². The Morgan fingerprint density at radius 3 is 3.00 bits per heavy atom. The molecule has 3 fully saturated rings. The molecule has 0 amide bonds. The number of rotatable bonds is 2. The summed E-state index contributed by atoms with van der Waals surface area (Å²) in [5.41, 5.74) is 2.33. The van der Waals surface area contributed by atoms with Crippen LogP contribution in [0.1, 0.15) is 43.2 Å². The number of likely N-dealkylation sites (tertiary alicyclic amines) is 1. The molecule has 4 nitrogen and oxygen atoms in total. The summed E-state index contributed by atoms with van der Waals surface area (Å²) in [7, 11) is 0. The molecule has 4 atom stereocenters. The zero-order chi connectivity index (χ0) is 16.1. The molecule has 5 aliphatic rings. The number of ketones is 1. The van der Waals surface area contributed by atoms with Gasteiger partial charge in [0.2, 0.25) is 0 Å². The maximum absolute atomic E-state index is 12.7. The lowest BCUT2D eigenvalue weighted by molar-refractivity contribution is -0.138. The summed E-state index contributed by atoms with van der Waals surface area (Å²) in [5.74, 6) is 2.47. The summed E-state index contributed by atoms with van der Waals surface area (Å²) in [6.07, 6.45) is 6.08. The van der Waals surface area contributed by atoms with Crippen molar-refractivity contribution >= 4 is 5.78 Å². The van der Waals surface area contributed by atoms with E-state index in [1.807, 2.05) is 0 Å². The second-order valence-electron chi connectivity index (χ2n) is 8.56. The van der Waals surface area contributed by atoms with E-state index in [0.717, 1.165) is 31.7 Å². The van der Waals surface area contributed by atoms with Crippen LogP contribution >= 0.6 is 0 Å². The molecular weight excluding hydrogens is 302 g/mol. The number of phenolic OH excluding ortho intramolecular Hbond substituents is 1. The topological polar surface area (TPSA) is 49.8 Å². The van der Waals surface area contributed by atoms with Crippen molar-refractivity contribution in [3.8, 4) is 11.5 Å². The molecule has 1 aromatic rings. The molecule has 2 bridgehead atoms. The van der Waals surface area contributed by atoms with Gasteiger partial charge in [-0.2, -0.15) is 0 Å². The lowest BCUT2D eigenvalue weighted by atomic mass is 9.51. The van der Waals surface area contributed by atoms with E-state index in [1.54, 1.807) is 6.07 Å². The molecule has 2 aliphatic heterocycles. The standard InChI is InChI=1S/C20H23NO3/c22-15-5-3-12-9-14-13-4-6-16(23)19-20(13,17(12)18(15)24-19)7-8-21(14)10-11-1-2-11/h3,5,11,13-14,19,22H,1-2,4,6-10H2/t13-,14+,19-,20-/m1/s1. The molecule has 6 rings (SSSR count). The highest BCUT2D eigenvalue weighted by Crippen LogP contribution is 2.63. The predicted molar refractivity (Wildman–Crippen MR) is 88.3 cm³/mol. The molecule has 1 aromatic carbocycles. The molecule has 1 saturated heterocycles. The van der Waals surface area contributed by atoms with E-state index in [4.69, 9.17) is 4.74 Å². The van der Waals surface area contributed by atoms with Gasteiger partial charge in [-0.1, -0.05) is 6.07 Å². The number of aromatic hydroxyl groups is 1. The number of ether oxygens (including phenoxy) is 1. The van der Waals surface area contributed by atoms with Crippen molar-refractivity contribution in [1.29, 1.82) is 0 Å². The van der Waals surface area contributed by atoms with Gasteiger partial charge in [-0.15, -0.1) is 0 Å². The Balaban J connectivity index is 1.53. The van der Waals surface area contributed by atoms with Crippen LogP contribution in [0, 0.1) is 11.8 Å². The SMILES string of the molecule is O=C1CC[C@@H]2[C@@H]3Cc4ccc(O)c5c4[C@]2(CCN3CC2CC2)[C@@H]1O5. The van der Waals surface area contributed by atoms with Crippen LogP contribution in [0.3, 0.4) is 0 Å². The molecule has 1 N–H and O–H groups in total. The molecule has 2 heterocycles. The van der Waals surface area contributed by atoms with Crippen LogP contribution in [0.5, 0.6) is 11.5 Å². The molecule has 0 unspecified atom stereocenters. The number of phenols is 1. The van der Waals surface area contributed by atoms with Crippen molar-refractivity contribution in [2.45, 2.75) is 56.1 Å². The van der Waals surface area contributed by atoms with Crippen molar-refractivity contribution < 1.29 is 14.6 Å². The highest BCUT2D eigenvalue weighted by Gasteiger charge is 2.65. The van der Waals surface area contributed by atoms with Gasteiger partial charge in [-0.05, 0) is 62.1 Å². The van der Waals surface area contributed by atoms with Crippen LogP contribution in [0.15, 0.2) is 12.1 Å². The van der Waals surface area contributed by atoms with E-state index in [9.17, 15) is 9.90 Å². The van der Waals surface area contributed by atoms with Gasteiger partial charge in [0.15, 0.2) is 23.4 Å². The normalized spacial score (nSPS) is 39.5. The fourth-order valence-corrected chi connectivity index (χ4v) is 6.27. The second kappa shape index (κ2) is 4.34. The van der Waals surface area contributed by atoms with Gasteiger partial charge in [0.25, 0.3) is 0 Å². The fourth-order valence-electron chi connectivity index (χ4n) is 6.27. The summed E-state index contributed by atoms with van der Waals surface area (Å²) in [4.78, 5) is 15.4. The molecule has 0 radical (unpaired) electrons. The minimum Gasteiger partial charge on any atom is -0.504 e. The number of hydrogen-bond donors (Lipinski definition) is 1. The Morgan fingerprint density at radius 1 is 1.29 bits per heavy atom. The van der Waals surface area contributed by atoms with Crippen LogP contribution in [0.25, 0.3) is 0 Å². The zero-order valence-electron chi connectivity index (χ0n) is 13.8. The number of carbonyl (C=O) groups is 1. The fraction of sp³-hybridized carbons (Fsp3) is 0.650. The number of hydrogen-bond acceptors (Lipinski definition) is 4. The lowest BCUT2D eigenvalue weighted by Crippen LogP contribution is -2.66. The monoisotopic (exact) mass is 325 g/mol. The van der Waals surface area contributed by atoms with Crippen molar-refractivity contribution in [2.75, 3.05) is 13.1 Å². The largest absolute Gasteiger partial charge is 0.504 e. The maximum Gasteiger partial charge on any atom is 0.174 e. The van der Waals surface area contributed by atoms with Gasteiger partial charge in [0, 0.05) is 30.0 Å². The maximum atomic E-state index is 12.7. The highest BCUT2D eigenvalue weighted by atomic mass is 16.5. The second-order valence-corrected chi connectivity index (χ2v) is 8.56. The first kappa shape index (κ1) is 13.7. The minimum absolute atomic E-state index is 0.165. The van der Waals surface area contributed by atoms with Crippen LogP contribution in [-0.4, -0.2) is 41.0 Å². The number of Topliss-reactive ketones (excluding diaryl/α,β-unsaturated/α-hetero) is 1. The molecule has 0 aromatic heterocycles. The van der Waals surface area contributed by atoms with E-state index in [0.29, 0.717) is 24.1 Å². The molecule has 126 valence electrons. The average molecular weight is 325 g/mol.